The van der Waals surface area contributed by atoms with Crippen molar-refractivity contribution in [3.05, 3.63) is 36.9 Å². The molecule has 1 N–H and O–H groups in total. The predicted molar refractivity (Wildman–Crippen MR) is 79.0 cm³/mol. The fourth-order valence-corrected chi connectivity index (χ4v) is 4.01. The van der Waals surface area contributed by atoms with E-state index in [-0.39, 0.29) is 0 Å². The second kappa shape index (κ2) is 6.09. The first-order chi connectivity index (χ1) is 8.20. The number of aromatic nitrogens is 1. The van der Waals surface area contributed by atoms with Crippen LogP contribution in [0, 0.1) is 6.92 Å². The van der Waals surface area contributed by atoms with Gasteiger partial charge in [-0.1, -0.05) is 6.92 Å². The second-order valence-electron chi connectivity index (χ2n) is 3.89. The van der Waals surface area contributed by atoms with E-state index in [2.05, 4.69) is 46.1 Å². The van der Waals surface area contributed by atoms with Gasteiger partial charge in [0.05, 0.1) is 9.30 Å². The van der Waals surface area contributed by atoms with E-state index in [4.69, 9.17) is 0 Å². The van der Waals surface area contributed by atoms with Crippen LogP contribution in [0.2, 0.25) is 0 Å². The summed E-state index contributed by atoms with van der Waals surface area (Å²) in [5.74, 6) is 0. The van der Waals surface area contributed by atoms with Crippen LogP contribution in [0.5, 0.6) is 0 Å². The summed E-state index contributed by atoms with van der Waals surface area (Å²) in [6, 6.07) is 2.67. The van der Waals surface area contributed by atoms with E-state index in [1.165, 1.54) is 19.1 Å². The predicted octanol–water partition coefficient (Wildman–Crippen LogP) is 4.17. The standard InChI is InChI=1S/C12H15BrN2S2/c1-3-15-10(5-9-6-14-7-16-9)11-4-8(2)12(13)17-11/h4,6-7,10,15H,3,5H2,1-2H3. The molecule has 0 amide bonds. The molecule has 0 bridgehead atoms. The van der Waals surface area contributed by atoms with Gasteiger partial charge in [0.2, 0.25) is 0 Å². The number of aryl methyl sites for hydroxylation is 1. The quantitative estimate of drug-likeness (QED) is 0.889. The molecule has 2 nitrogen and oxygen atoms in total. The number of halogens is 1. The first-order valence-corrected chi connectivity index (χ1v) is 8.06. The third-order valence-corrected chi connectivity index (χ3v) is 5.61. The summed E-state index contributed by atoms with van der Waals surface area (Å²) in [6.07, 6.45) is 2.98. The zero-order chi connectivity index (χ0) is 12.3. The van der Waals surface area contributed by atoms with Crippen molar-refractivity contribution in [3.8, 4) is 0 Å². The number of thiazole rings is 1. The van der Waals surface area contributed by atoms with Gasteiger partial charge in [0.1, 0.15) is 0 Å². The molecule has 5 heteroatoms. The Morgan fingerprint density at radius 3 is 2.88 bits per heavy atom. The van der Waals surface area contributed by atoms with Crippen molar-refractivity contribution in [2.24, 2.45) is 0 Å². The van der Waals surface area contributed by atoms with Crippen LogP contribution < -0.4 is 5.32 Å². The van der Waals surface area contributed by atoms with Crippen molar-refractivity contribution in [2.75, 3.05) is 6.54 Å². The molecule has 0 fully saturated rings. The van der Waals surface area contributed by atoms with Crippen molar-refractivity contribution in [1.82, 2.24) is 10.3 Å². The van der Waals surface area contributed by atoms with Crippen LogP contribution in [0.3, 0.4) is 0 Å². The number of nitrogens with one attached hydrogen (secondary N) is 1. The maximum atomic E-state index is 4.14. The molecule has 0 saturated carbocycles. The summed E-state index contributed by atoms with van der Waals surface area (Å²) in [7, 11) is 0. The highest BCUT2D eigenvalue weighted by Gasteiger charge is 2.15. The van der Waals surface area contributed by atoms with Crippen LogP contribution in [-0.2, 0) is 6.42 Å². The molecule has 2 rings (SSSR count). The van der Waals surface area contributed by atoms with Gasteiger partial charge in [-0.15, -0.1) is 22.7 Å². The van der Waals surface area contributed by atoms with E-state index in [0.717, 1.165) is 13.0 Å². The molecule has 2 heterocycles. The fourth-order valence-electron chi connectivity index (χ4n) is 1.72. The smallest absolute Gasteiger partial charge is 0.0794 e. The summed E-state index contributed by atoms with van der Waals surface area (Å²) in [5.41, 5.74) is 3.21. The van der Waals surface area contributed by atoms with Gasteiger partial charge < -0.3 is 5.32 Å². The molecule has 0 aliphatic heterocycles. The highest BCUT2D eigenvalue weighted by Crippen LogP contribution is 2.33. The second-order valence-corrected chi connectivity index (χ2v) is 7.26. The lowest BCUT2D eigenvalue weighted by Gasteiger charge is -2.15. The third kappa shape index (κ3) is 3.37. The Morgan fingerprint density at radius 1 is 1.53 bits per heavy atom. The minimum atomic E-state index is 0.399. The SMILES string of the molecule is CCNC(Cc1cncs1)c1cc(C)c(Br)s1. The van der Waals surface area contributed by atoms with Crippen molar-refractivity contribution < 1.29 is 0 Å². The summed E-state index contributed by atoms with van der Waals surface area (Å²) < 4.78 is 1.24. The maximum absolute atomic E-state index is 4.14. The Morgan fingerprint density at radius 2 is 2.35 bits per heavy atom. The number of thiophene rings is 1. The Hall–Kier alpha value is -0.230. The topological polar surface area (TPSA) is 24.9 Å². The fraction of sp³-hybridized carbons (Fsp3) is 0.417. The van der Waals surface area contributed by atoms with Gasteiger partial charge in [0.15, 0.2) is 0 Å². The van der Waals surface area contributed by atoms with Crippen molar-refractivity contribution >= 4 is 38.6 Å². The molecule has 1 atom stereocenters. The van der Waals surface area contributed by atoms with Crippen LogP contribution in [0.15, 0.2) is 21.6 Å². The van der Waals surface area contributed by atoms with Crippen LogP contribution in [0.1, 0.15) is 28.3 Å². The van der Waals surface area contributed by atoms with Crippen LogP contribution in [0.4, 0.5) is 0 Å². The van der Waals surface area contributed by atoms with Crippen molar-refractivity contribution in [2.45, 2.75) is 26.3 Å². The number of hydrogen-bond acceptors (Lipinski definition) is 4. The highest BCUT2D eigenvalue weighted by molar-refractivity contribution is 9.11. The molecule has 0 aliphatic rings. The molecule has 2 aromatic heterocycles. The highest BCUT2D eigenvalue weighted by atomic mass is 79.9. The minimum absolute atomic E-state index is 0.399. The van der Waals surface area contributed by atoms with E-state index in [9.17, 15) is 0 Å². The first-order valence-electron chi connectivity index (χ1n) is 5.57. The third-order valence-electron chi connectivity index (χ3n) is 2.56. The summed E-state index contributed by atoms with van der Waals surface area (Å²) in [4.78, 5) is 6.86. The Balaban J connectivity index is 2.16. The van der Waals surface area contributed by atoms with E-state index < -0.39 is 0 Å². The molecule has 0 spiro atoms. The molecular weight excluding hydrogens is 316 g/mol. The van der Waals surface area contributed by atoms with E-state index in [1.54, 1.807) is 11.3 Å². The lowest BCUT2D eigenvalue weighted by molar-refractivity contribution is 0.561. The number of hydrogen-bond donors (Lipinski definition) is 1. The van der Waals surface area contributed by atoms with E-state index >= 15 is 0 Å². The average molecular weight is 331 g/mol. The van der Waals surface area contributed by atoms with Gasteiger partial charge in [-0.25, -0.2) is 0 Å². The molecule has 17 heavy (non-hydrogen) atoms. The largest absolute Gasteiger partial charge is 0.309 e. The van der Waals surface area contributed by atoms with E-state index in [0.29, 0.717) is 6.04 Å². The lowest BCUT2D eigenvalue weighted by Crippen LogP contribution is -2.21. The molecule has 92 valence electrons. The molecule has 2 aromatic rings. The Kier molecular flexibility index (Phi) is 4.73. The Bertz CT molecular complexity index is 445. The zero-order valence-electron chi connectivity index (χ0n) is 9.87. The van der Waals surface area contributed by atoms with Crippen LogP contribution >= 0.6 is 38.6 Å². The molecule has 0 aliphatic carbocycles. The van der Waals surface area contributed by atoms with Crippen LogP contribution in [0.25, 0.3) is 0 Å². The lowest BCUT2D eigenvalue weighted by atomic mass is 10.1. The van der Waals surface area contributed by atoms with Gasteiger partial charge in [-0.05, 0) is 41.0 Å². The first kappa shape index (κ1) is 13.2. The van der Waals surface area contributed by atoms with Crippen molar-refractivity contribution in [3.63, 3.8) is 0 Å². The minimum Gasteiger partial charge on any atom is -0.309 e. The molecule has 0 aromatic carbocycles. The van der Waals surface area contributed by atoms with Gasteiger partial charge in [-0.2, -0.15) is 0 Å². The monoisotopic (exact) mass is 330 g/mol. The van der Waals surface area contributed by atoms with E-state index in [1.807, 2.05) is 23.0 Å². The van der Waals surface area contributed by atoms with Crippen LogP contribution in [-0.4, -0.2) is 11.5 Å². The number of rotatable bonds is 5. The zero-order valence-corrected chi connectivity index (χ0v) is 13.1. The molecular formula is C12H15BrN2S2. The van der Waals surface area contributed by atoms with Crippen molar-refractivity contribution in [1.29, 1.82) is 0 Å². The summed E-state index contributed by atoms with van der Waals surface area (Å²) in [5, 5.41) is 3.55. The average Bonchev–Trinajstić information content (AvgIpc) is 2.90. The normalized spacial score (nSPS) is 12.9. The summed E-state index contributed by atoms with van der Waals surface area (Å²) >= 11 is 7.14. The summed E-state index contributed by atoms with van der Waals surface area (Å²) in [6.45, 7) is 5.27. The van der Waals surface area contributed by atoms with Gasteiger partial charge in [0.25, 0.3) is 0 Å². The molecule has 1 unspecified atom stereocenters. The molecule has 0 saturated heterocycles. The Labute approximate surface area is 118 Å². The molecule has 0 radical (unpaired) electrons. The van der Waals surface area contributed by atoms with Gasteiger partial charge in [-0.3, -0.25) is 4.98 Å². The number of nitrogens with zero attached hydrogens (tertiary/aromatic N) is 1. The van der Waals surface area contributed by atoms with Gasteiger partial charge in [0, 0.05) is 28.4 Å². The number of likely N-dealkylation sites (N-methyl/N-ethyl adjacent to an activating group) is 1. The van der Waals surface area contributed by atoms with Gasteiger partial charge >= 0.3 is 0 Å². The maximum Gasteiger partial charge on any atom is 0.0794 e.